The van der Waals surface area contributed by atoms with E-state index in [1.165, 1.54) is 34.6 Å². The number of nitriles is 1. The summed E-state index contributed by atoms with van der Waals surface area (Å²) in [5.74, 6) is -1.92. The second kappa shape index (κ2) is 8.48. The van der Waals surface area contributed by atoms with Crippen LogP contribution in [0.15, 0.2) is 51.9 Å². The summed E-state index contributed by atoms with van der Waals surface area (Å²) in [6, 6.07) is 11.3. The average molecular weight is 458 g/mol. The van der Waals surface area contributed by atoms with E-state index < -0.39 is 17.6 Å². The molecule has 0 spiro atoms. The maximum Gasteiger partial charge on any atom is 0.291 e. The molecular weight excluding hydrogens is 440 g/mol. The second-order valence-corrected chi connectivity index (χ2v) is 8.86. The number of nitrogens with zero attached hydrogens (tertiary/aromatic N) is 2. The largest absolute Gasteiger partial charge is 0.459 e. The molecule has 9 heteroatoms. The number of rotatable bonds is 5. The van der Waals surface area contributed by atoms with Crippen LogP contribution in [0.1, 0.15) is 55.9 Å². The summed E-state index contributed by atoms with van der Waals surface area (Å²) in [6.45, 7) is 0. The van der Waals surface area contributed by atoms with E-state index in [1.54, 1.807) is 24.3 Å². The fourth-order valence-electron chi connectivity index (χ4n) is 4.05. The molecular formula is C24H18N4O4S. The van der Waals surface area contributed by atoms with Crippen LogP contribution >= 0.6 is 11.3 Å². The highest BCUT2D eigenvalue weighted by Gasteiger charge is 2.27. The molecule has 1 amide bonds. The van der Waals surface area contributed by atoms with Crippen molar-refractivity contribution in [3.8, 4) is 6.07 Å². The molecule has 1 aliphatic rings. The highest BCUT2D eigenvalue weighted by Crippen LogP contribution is 2.34. The number of thiophene rings is 1. The van der Waals surface area contributed by atoms with E-state index in [9.17, 15) is 19.6 Å². The lowest BCUT2D eigenvalue weighted by Crippen LogP contribution is -2.20. The van der Waals surface area contributed by atoms with Crippen LogP contribution in [0.3, 0.4) is 0 Å². The molecule has 2 N–H and O–H groups in total. The van der Waals surface area contributed by atoms with E-state index >= 15 is 0 Å². The summed E-state index contributed by atoms with van der Waals surface area (Å²) in [4.78, 5) is 46.9. The third-order valence-corrected chi connectivity index (χ3v) is 6.87. The molecule has 4 aromatic rings. The number of hydrogen-bond donors (Lipinski definition) is 2. The van der Waals surface area contributed by atoms with Crippen LogP contribution in [-0.4, -0.2) is 21.7 Å². The number of carbonyl (C=O) groups excluding carboxylic acids is 2. The molecule has 0 saturated carbocycles. The van der Waals surface area contributed by atoms with E-state index in [0.717, 1.165) is 31.2 Å². The standard InChI is InChI=1S/C24H18N4O4S/c25-12-16(21-27-23(31)19-15-4-1-2-6-18(15)33-24(19)28-21)20(29)13-7-9-14(10-8-13)26-22(30)17-5-3-11-32-17/h3,5,7-11,16H,1-2,4,6H2,(H,26,30)(H,27,28,31). The van der Waals surface area contributed by atoms with Gasteiger partial charge in [-0.15, -0.1) is 11.3 Å². The van der Waals surface area contributed by atoms with E-state index in [4.69, 9.17) is 4.42 Å². The van der Waals surface area contributed by atoms with Gasteiger partial charge in [-0.05, 0) is 67.6 Å². The zero-order chi connectivity index (χ0) is 22.9. The van der Waals surface area contributed by atoms with Gasteiger partial charge in [-0.2, -0.15) is 5.26 Å². The number of hydrogen-bond acceptors (Lipinski definition) is 7. The van der Waals surface area contributed by atoms with E-state index in [2.05, 4.69) is 15.3 Å². The molecule has 5 rings (SSSR count). The lowest BCUT2D eigenvalue weighted by molar-refractivity contribution is 0.0974. The maximum atomic E-state index is 13.1. The molecule has 1 unspecified atom stereocenters. The van der Waals surface area contributed by atoms with Gasteiger partial charge in [0.1, 0.15) is 10.7 Å². The molecule has 0 fully saturated rings. The quantitative estimate of drug-likeness (QED) is 0.431. The molecule has 1 aromatic carbocycles. The van der Waals surface area contributed by atoms with Crippen molar-refractivity contribution in [2.75, 3.05) is 5.32 Å². The molecule has 164 valence electrons. The zero-order valence-corrected chi connectivity index (χ0v) is 18.2. The normalized spacial score (nSPS) is 13.8. The number of Topliss-reactive ketones (excluding diaryl/α,β-unsaturated/α-hetero) is 1. The Morgan fingerprint density at radius 3 is 2.70 bits per heavy atom. The van der Waals surface area contributed by atoms with Crippen molar-refractivity contribution >= 4 is 38.9 Å². The van der Waals surface area contributed by atoms with Crippen molar-refractivity contribution in [3.63, 3.8) is 0 Å². The summed E-state index contributed by atoms with van der Waals surface area (Å²) in [5, 5.41) is 13.0. The third-order valence-electron chi connectivity index (χ3n) is 5.68. The summed E-state index contributed by atoms with van der Waals surface area (Å²) in [5.41, 5.74) is 1.48. The number of amides is 1. The first kappa shape index (κ1) is 20.8. The number of H-pyrrole nitrogens is 1. The maximum absolute atomic E-state index is 13.1. The highest BCUT2D eigenvalue weighted by molar-refractivity contribution is 7.18. The molecule has 0 saturated heterocycles. The van der Waals surface area contributed by atoms with Crippen molar-refractivity contribution in [1.29, 1.82) is 5.26 Å². The van der Waals surface area contributed by atoms with Gasteiger partial charge in [0, 0.05) is 16.1 Å². The third kappa shape index (κ3) is 3.85. The summed E-state index contributed by atoms with van der Waals surface area (Å²) < 4.78 is 5.05. The number of anilines is 1. The van der Waals surface area contributed by atoms with Crippen molar-refractivity contribution in [3.05, 3.63) is 80.6 Å². The Kier molecular flexibility index (Phi) is 5.36. The predicted molar refractivity (Wildman–Crippen MR) is 123 cm³/mol. The molecule has 1 atom stereocenters. The van der Waals surface area contributed by atoms with Crippen LogP contribution in [0.2, 0.25) is 0 Å². The van der Waals surface area contributed by atoms with Crippen LogP contribution < -0.4 is 10.9 Å². The molecule has 0 aliphatic heterocycles. The minimum atomic E-state index is -1.25. The van der Waals surface area contributed by atoms with Gasteiger partial charge in [0.05, 0.1) is 17.7 Å². The zero-order valence-electron chi connectivity index (χ0n) is 17.4. The van der Waals surface area contributed by atoms with E-state index in [-0.39, 0.29) is 22.7 Å². The Hall–Kier alpha value is -4.03. The Morgan fingerprint density at radius 2 is 1.97 bits per heavy atom. The lowest BCUT2D eigenvalue weighted by Gasteiger charge is -2.10. The first-order chi connectivity index (χ1) is 16.0. The Balaban J connectivity index is 1.40. The lowest BCUT2D eigenvalue weighted by atomic mass is 9.96. The van der Waals surface area contributed by atoms with E-state index in [0.29, 0.717) is 15.9 Å². The van der Waals surface area contributed by atoms with Crippen LogP contribution in [0.25, 0.3) is 10.2 Å². The predicted octanol–water partition coefficient (Wildman–Crippen LogP) is 4.20. The van der Waals surface area contributed by atoms with Crippen LogP contribution in [0.4, 0.5) is 5.69 Å². The molecule has 1 aliphatic carbocycles. The summed E-state index contributed by atoms with van der Waals surface area (Å²) in [6.07, 6.45) is 5.30. The average Bonchev–Trinajstić information content (AvgIpc) is 3.48. The van der Waals surface area contributed by atoms with Gasteiger partial charge in [0.25, 0.3) is 11.5 Å². The van der Waals surface area contributed by atoms with Gasteiger partial charge in [0.2, 0.25) is 0 Å². The van der Waals surface area contributed by atoms with Crippen molar-refractivity contribution in [2.24, 2.45) is 0 Å². The van der Waals surface area contributed by atoms with Gasteiger partial charge in [-0.25, -0.2) is 4.98 Å². The minimum Gasteiger partial charge on any atom is -0.459 e. The number of aromatic amines is 1. The minimum absolute atomic E-state index is 0.0498. The molecule has 33 heavy (non-hydrogen) atoms. The summed E-state index contributed by atoms with van der Waals surface area (Å²) in [7, 11) is 0. The molecule has 3 aromatic heterocycles. The van der Waals surface area contributed by atoms with Gasteiger partial charge in [0.15, 0.2) is 17.5 Å². The molecule has 0 bridgehead atoms. The Bertz CT molecular complexity index is 1460. The highest BCUT2D eigenvalue weighted by atomic mass is 32.1. The second-order valence-electron chi connectivity index (χ2n) is 7.78. The topological polar surface area (TPSA) is 129 Å². The number of carbonyl (C=O) groups is 2. The van der Waals surface area contributed by atoms with Gasteiger partial charge in [-0.3, -0.25) is 14.4 Å². The van der Waals surface area contributed by atoms with E-state index in [1.807, 2.05) is 6.07 Å². The van der Waals surface area contributed by atoms with Gasteiger partial charge in [-0.1, -0.05) is 0 Å². The SMILES string of the molecule is N#CC(C(=O)c1ccc(NC(=O)c2ccco2)cc1)c1nc2sc3c(c2c(=O)[nH]1)CCCC3. The number of aromatic nitrogens is 2. The Labute approximate surface area is 191 Å². The first-order valence-electron chi connectivity index (χ1n) is 10.5. The molecule has 3 heterocycles. The van der Waals surface area contributed by atoms with Gasteiger partial charge >= 0.3 is 0 Å². The number of ketones is 1. The fourth-order valence-corrected chi connectivity index (χ4v) is 5.32. The summed E-state index contributed by atoms with van der Waals surface area (Å²) >= 11 is 1.47. The number of benzene rings is 1. The van der Waals surface area contributed by atoms with Crippen LogP contribution in [0, 0.1) is 11.3 Å². The smallest absolute Gasteiger partial charge is 0.291 e. The monoisotopic (exact) mass is 458 g/mol. The van der Waals surface area contributed by atoms with Gasteiger partial charge < -0.3 is 14.7 Å². The fraction of sp³-hybridized carbons (Fsp3) is 0.208. The van der Waals surface area contributed by atoms with Crippen LogP contribution in [-0.2, 0) is 12.8 Å². The van der Waals surface area contributed by atoms with Crippen molar-refractivity contribution in [1.82, 2.24) is 9.97 Å². The molecule has 0 radical (unpaired) electrons. The first-order valence-corrected chi connectivity index (χ1v) is 11.3. The van der Waals surface area contributed by atoms with Crippen molar-refractivity contribution < 1.29 is 14.0 Å². The Morgan fingerprint density at radius 1 is 1.18 bits per heavy atom. The molecule has 8 nitrogen and oxygen atoms in total. The number of nitrogens with one attached hydrogen (secondary N) is 2. The van der Waals surface area contributed by atoms with Crippen molar-refractivity contribution in [2.45, 2.75) is 31.6 Å². The number of furan rings is 1. The number of fused-ring (bicyclic) bond motifs is 3. The number of aryl methyl sites for hydroxylation is 2. The van der Waals surface area contributed by atoms with Crippen LogP contribution in [0.5, 0.6) is 0 Å².